The molecule has 1 heterocycles. The second-order valence-electron chi connectivity index (χ2n) is 3.48. The van der Waals surface area contributed by atoms with Gasteiger partial charge < -0.3 is 5.32 Å². The predicted octanol–water partition coefficient (Wildman–Crippen LogP) is -0.359. The molecule has 0 unspecified atom stereocenters. The number of hydrogen-bond acceptors (Lipinski definition) is 3. The number of sulfone groups is 1. The van der Waals surface area contributed by atoms with Crippen molar-refractivity contribution in [2.24, 2.45) is 5.41 Å². The largest absolute Gasteiger partial charge is 0.315 e. The molecule has 0 aromatic carbocycles. The molecule has 60 valence electrons. The lowest BCUT2D eigenvalue weighted by atomic mass is 9.87. The van der Waals surface area contributed by atoms with E-state index in [0.29, 0.717) is 5.75 Å². The Hall–Kier alpha value is -0.0900. The minimum atomic E-state index is -2.78. The van der Waals surface area contributed by atoms with Crippen LogP contribution in [0.1, 0.15) is 6.92 Å². The van der Waals surface area contributed by atoms with E-state index in [0.717, 1.165) is 13.1 Å². The van der Waals surface area contributed by atoms with Gasteiger partial charge in [-0.15, -0.1) is 0 Å². The highest BCUT2D eigenvalue weighted by Crippen LogP contribution is 2.22. The van der Waals surface area contributed by atoms with E-state index in [1.807, 2.05) is 6.92 Å². The monoisotopic (exact) mass is 163 g/mol. The van der Waals surface area contributed by atoms with Gasteiger partial charge in [0, 0.05) is 24.8 Å². The lowest BCUT2D eigenvalue weighted by Gasteiger charge is -2.38. The van der Waals surface area contributed by atoms with Gasteiger partial charge in [-0.05, 0) is 0 Å². The first kappa shape index (κ1) is 8.01. The van der Waals surface area contributed by atoms with Crippen molar-refractivity contribution < 1.29 is 8.42 Å². The van der Waals surface area contributed by atoms with Gasteiger partial charge in [0.15, 0.2) is 0 Å². The van der Waals surface area contributed by atoms with Gasteiger partial charge in [-0.2, -0.15) is 0 Å². The third-order valence-electron chi connectivity index (χ3n) is 1.71. The van der Waals surface area contributed by atoms with Crippen molar-refractivity contribution in [1.29, 1.82) is 0 Å². The molecule has 1 rings (SSSR count). The summed E-state index contributed by atoms with van der Waals surface area (Å²) in [5.41, 5.74) is 0.00752. The van der Waals surface area contributed by atoms with E-state index < -0.39 is 9.84 Å². The first-order valence-corrected chi connectivity index (χ1v) is 5.36. The van der Waals surface area contributed by atoms with Crippen LogP contribution in [0.3, 0.4) is 0 Å². The molecule has 0 bridgehead atoms. The Kier molecular flexibility index (Phi) is 1.76. The molecule has 1 saturated heterocycles. The molecule has 0 aliphatic carbocycles. The van der Waals surface area contributed by atoms with Gasteiger partial charge in [-0.25, -0.2) is 8.42 Å². The van der Waals surface area contributed by atoms with Crippen LogP contribution in [-0.4, -0.2) is 33.5 Å². The lowest BCUT2D eigenvalue weighted by Crippen LogP contribution is -2.54. The van der Waals surface area contributed by atoms with Gasteiger partial charge in [0.2, 0.25) is 0 Å². The first-order chi connectivity index (χ1) is 4.41. The Morgan fingerprint density at radius 3 is 2.10 bits per heavy atom. The summed E-state index contributed by atoms with van der Waals surface area (Å²) in [7, 11) is -2.78. The molecule has 0 aromatic rings. The first-order valence-electron chi connectivity index (χ1n) is 3.30. The molecule has 1 aliphatic rings. The fraction of sp³-hybridized carbons (Fsp3) is 1.00. The fourth-order valence-corrected chi connectivity index (χ4v) is 2.76. The minimum absolute atomic E-state index is 0.00752. The van der Waals surface area contributed by atoms with Gasteiger partial charge >= 0.3 is 0 Å². The topological polar surface area (TPSA) is 46.2 Å². The molecule has 1 aliphatic heterocycles. The smallest absolute Gasteiger partial charge is 0.148 e. The Morgan fingerprint density at radius 1 is 1.50 bits per heavy atom. The quantitative estimate of drug-likeness (QED) is 0.604. The maximum absolute atomic E-state index is 10.8. The van der Waals surface area contributed by atoms with Crippen LogP contribution in [0, 0.1) is 5.41 Å². The Balaban J connectivity index is 2.53. The molecular formula is C6H13NO2S. The van der Waals surface area contributed by atoms with E-state index in [1.165, 1.54) is 6.26 Å². The summed E-state index contributed by atoms with van der Waals surface area (Å²) in [5, 5.41) is 3.06. The standard InChI is InChI=1S/C6H13NO2S/c1-6(3-7-4-6)5-10(2,8)9/h7H,3-5H2,1-2H3. The molecule has 10 heavy (non-hydrogen) atoms. The van der Waals surface area contributed by atoms with Gasteiger partial charge in [0.1, 0.15) is 9.84 Å². The zero-order valence-corrected chi connectivity index (χ0v) is 7.16. The van der Waals surface area contributed by atoms with E-state index >= 15 is 0 Å². The van der Waals surface area contributed by atoms with Crippen molar-refractivity contribution in [1.82, 2.24) is 5.32 Å². The molecule has 0 spiro atoms. The van der Waals surface area contributed by atoms with Gasteiger partial charge in [0.25, 0.3) is 0 Å². The van der Waals surface area contributed by atoms with Crippen molar-refractivity contribution in [2.75, 3.05) is 25.1 Å². The van der Waals surface area contributed by atoms with E-state index in [4.69, 9.17) is 0 Å². The fourth-order valence-electron chi connectivity index (χ4n) is 1.29. The van der Waals surface area contributed by atoms with Gasteiger partial charge in [0.05, 0.1) is 5.75 Å². The molecule has 0 aromatic heterocycles. The predicted molar refractivity (Wildman–Crippen MR) is 40.7 cm³/mol. The molecule has 1 N–H and O–H groups in total. The highest BCUT2D eigenvalue weighted by Gasteiger charge is 2.34. The maximum Gasteiger partial charge on any atom is 0.148 e. The van der Waals surface area contributed by atoms with E-state index in [2.05, 4.69) is 5.32 Å². The summed E-state index contributed by atoms with van der Waals surface area (Å²) in [4.78, 5) is 0. The number of rotatable bonds is 2. The maximum atomic E-state index is 10.8. The SMILES string of the molecule is CC1(CS(C)(=O)=O)CNC1. The van der Waals surface area contributed by atoms with E-state index in [9.17, 15) is 8.42 Å². The Bertz CT molecular complexity index is 216. The third kappa shape index (κ3) is 1.95. The summed E-state index contributed by atoms with van der Waals surface area (Å²) < 4.78 is 21.6. The molecule has 3 nitrogen and oxygen atoms in total. The molecule has 1 fully saturated rings. The van der Waals surface area contributed by atoms with Gasteiger partial charge in [-0.3, -0.25) is 0 Å². The van der Waals surface area contributed by atoms with Crippen molar-refractivity contribution in [3.63, 3.8) is 0 Å². The van der Waals surface area contributed by atoms with Crippen LogP contribution < -0.4 is 5.32 Å². The zero-order chi connectivity index (χ0) is 7.83. The molecular weight excluding hydrogens is 150 g/mol. The second-order valence-corrected chi connectivity index (χ2v) is 5.62. The molecule has 4 heteroatoms. The third-order valence-corrected chi connectivity index (χ3v) is 2.94. The highest BCUT2D eigenvalue weighted by molar-refractivity contribution is 7.90. The lowest BCUT2D eigenvalue weighted by molar-refractivity contribution is 0.229. The van der Waals surface area contributed by atoms with Crippen molar-refractivity contribution in [3.05, 3.63) is 0 Å². The molecule has 0 radical (unpaired) electrons. The van der Waals surface area contributed by atoms with Crippen LogP contribution in [0.15, 0.2) is 0 Å². The zero-order valence-electron chi connectivity index (χ0n) is 6.35. The van der Waals surface area contributed by atoms with Gasteiger partial charge in [-0.1, -0.05) is 6.92 Å². The van der Waals surface area contributed by atoms with Crippen LogP contribution in [0.5, 0.6) is 0 Å². The second kappa shape index (κ2) is 2.20. The summed E-state index contributed by atoms with van der Waals surface area (Å²) in [6.07, 6.45) is 1.29. The summed E-state index contributed by atoms with van der Waals surface area (Å²) >= 11 is 0. The number of nitrogens with one attached hydrogen (secondary N) is 1. The van der Waals surface area contributed by atoms with Crippen LogP contribution in [0.2, 0.25) is 0 Å². The summed E-state index contributed by atoms with van der Waals surface area (Å²) in [6.45, 7) is 3.66. The Morgan fingerprint density at radius 2 is 2.00 bits per heavy atom. The van der Waals surface area contributed by atoms with Crippen LogP contribution in [-0.2, 0) is 9.84 Å². The average molecular weight is 163 g/mol. The molecule has 0 amide bonds. The van der Waals surface area contributed by atoms with E-state index in [1.54, 1.807) is 0 Å². The summed E-state index contributed by atoms with van der Waals surface area (Å²) in [6, 6.07) is 0. The van der Waals surface area contributed by atoms with Crippen molar-refractivity contribution in [3.8, 4) is 0 Å². The van der Waals surface area contributed by atoms with Crippen molar-refractivity contribution >= 4 is 9.84 Å². The molecule has 0 atom stereocenters. The highest BCUT2D eigenvalue weighted by atomic mass is 32.2. The minimum Gasteiger partial charge on any atom is -0.315 e. The van der Waals surface area contributed by atoms with Crippen molar-refractivity contribution in [2.45, 2.75) is 6.92 Å². The molecule has 0 saturated carbocycles. The van der Waals surface area contributed by atoms with Crippen LogP contribution in [0.25, 0.3) is 0 Å². The summed E-state index contributed by atoms with van der Waals surface area (Å²) in [5.74, 6) is 0.312. The average Bonchev–Trinajstić information content (AvgIpc) is 1.57. The number of hydrogen-bond donors (Lipinski definition) is 1. The van der Waals surface area contributed by atoms with E-state index in [-0.39, 0.29) is 5.41 Å². The Labute approximate surface area is 61.7 Å². The normalized spacial score (nSPS) is 23.8. The van der Waals surface area contributed by atoms with Crippen LogP contribution >= 0.6 is 0 Å². The van der Waals surface area contributed by atoms with Crippen LogP contribution in [0.4, 0.5) is 0 Å².